The van der Waals surface area contributed by atoms with Crippen molar-refractivity contribution in [3.05, 3.63) is 28.5 Å². The largest absolute Gasteiger partial charge is 0.348 e. The van der Waals surface area contributed by atoms with Crippen LogP contribution in [0.4, 0.5) is 0 Å². The van der Waals surface area contributed by atoms with Crippen LogP contribution in [0.2, 0.25) is 0 Å². The third-order valence-electron chi connectivity index (χ3n) is 3.38. The Bertz CT molecular complexity index is 410. The van der Waals surface area contributed by atoms with Crippen LogP contribution < -0.4 is 5.32 Å². The third kappa shape index (κ3) is 3.45. The lowest BCUT2D eigenvalue weighted by atomic mass is 9.85. The monoisotopic (exact) mass is 330 g/mol. The molecule has 98 valence electrons. The SMILES string of the molecule is O=C(NC1CCCCC1CCl)c1ccc(Br)cn1. The van der Waals surface area contributed by atoms with Crippen LogP contribution in [0.3, 0.4) is 0 Å². The quantitative estimate of drug-likeness (QED) is 0.863. The minimum Gasteiger partial charge on any atom is -0.348 e. The highest BCUT2D eigenvalue weighted by Crippen LogP contribution is 2.25. The maximum atomic E-state index is 12.1. The Kier molecular flexibility index (Phi) is 5.01. The molecular weight excluding hydrogens is 316 g/mol. The minimum absolute atomic E-state index is 0.107. The molecule has 0 radical (unpaired) electrons. The fraction of sp³-hybridized carbons (Fsp3) is 0.538. The van der Waals surface area contributed by atoms with Crippen molar-refractivity contribution in [2.24, 2.45) is 5.92 Å². The summed E-state index contributed by atoms with van der Waals surface area (Å²) in [7, 11) is 0. The highest BCUT2D eigenvalue weighted by molar-refractivity contribution is 9.10. The normalized spacial score (nSPS) is 23.7. The zero-order valence-electron chi connectivity index (χ0n) is 10.0. The van der Waals surface area contributed by atoms with Gasteiger partial charge in [-0.05, 0) is 46.8 Å². The van der Waals surface area contributed by atoms with Crippen LogP contribution in [0.1, 0.15) is 36.2 Å². The van der Waals surface area contributed by atoms with E-state index >= 15 is 0 Å². The molecule has 18 heavy (non-hydrogen) atoms. The van der Waals surface area contributed by atoms with E-state index in [-0.39, 0.29) is 11.9 Å². The summed E-state index contributed by atoms with van der Waals surface area (Å²) in [6.45, 7) is 0. The Morgan fingerprint density at radius 3 is 2.89 bits per heavy atom. The summed E-state index contributed by atoms with van der Waals surface area (Å²) in [6, 6.07) is 3.73. The van der Waals surface area contributed by atoms with Gasteiger partial charge in [-0.2, -0.15) is 0 Å². The van der Waals surface area contributed by atoms with E-state index in [1.165, 1.54) is 6.42 Å². The van der Waals surface area contributed by atoms with E-state index in [4.69, 9.17) is 11.6 Å². The van der Waals surface area contributed by atoms with Gasteiger partial charge in [0.15, 0.2) is 0 Å². The van der Waals surface area contributed by atoms with E-state index in [1.54, 1.807) is 12.3 Å². The first-order valence-corrected chi connectivity index (χ1v) is 7.52. The van der Waals surface area contributed by atoms with Gasteiger partial charge in [0, 0.05) is 22.6 Å². The number of alkyl halides is 1. The van der Waals surface area contributed by atoms with Gasteiger partial charge in [0.2, 0.25) is 0 Å². The van der Waals surface area contributed by atoms with Gasteiger partial charge in [-0.15, -0.1) is 11.6 Å². The molecule has 1 saturated carbocycles. The molecule has 2 unspecified atom stereocenters. The summed E-state index contributed by atoms with van der Waals surface area (Å²) in [4.78, 5) is 16.2. The molecule has 2 atom stereocenters. The first kappa shape index (κ1) is 13.8. The van der Waals surface area contributed by atoms with Gasteiger partial charge in [0.05, 0.1) is 0 Å². The van der Waals surface area contributed by atoms with Crippen LogP contribution in [0.25, 0.3) is 0 Å². The van der Waals surface area contributed by atoms with Gasteiger partial charge in [0.1, 0.15) is 5.69 Å². The van der Waals surface area contributed by atoms with Gasteiger partial charge in [0.25, 0.3) is 5.91 Å². The summed E-state index contributed by atoms with van der Waals surface area (Å²) >= 11 is 9.25. The summed E-state index contributed by atoms with van der Waals surface area (Å²) in [6.07, 6.45) is 6.11. The molecular formula is C13H16BrClN2O. The second kappa shape index (κ2) is 6.53. The van der Waals surface area contributed by atoms with Gasteiger partial charge >= 0.3 is 0 Å². The molecule has 0 saturated heterocycles. The summed E-state index contributed by atoms with van der Waals surface area (Å²) < 4.78 is 0.871. The van der Waals surface area contributed by atoms with Crippen LogP contribution in [0.5, 0.6) is 0 Å². The predicted molar refractivity (Wildman–Crippen MR) is 75.9 cm³/mol. The molecule has 0 spiro atoms. The lowest BCUT2D eigenvalue weighted by Gasteiger charge is -2.30. The molecule has 1 fully saturated rings. The fourth-order valence-corrected chi connectivity index (χ4v) is 2.94. The van der Waals surface area contributed by atoms with E-state index in [0.29, 0.717) is 17.5 Å². The number of carbonyl (C=O) groups excluding carboxylic acids is 1. The predicted octanol–water partition coefficient (Wildman–Crippen LogP) is 3.37. The maximum Gasteiger partial charge on any atom is 0.270 e. The van der Waals surface area contributed by atoms with Crippen molar-refractivity contribution in [1.82, 2.24) is 10.3 Å². The molecule has 0 aromatic carbocycles. The average molecular weight is 332 g/mol. The number of hydrogen-bond donors (Lipinski definition) is 1. The van der Waals surface area contributed by atoms with Gasteiger partial charge in [-0.3, -0.25) is 4.79 Å². The summed E-state index contributed by atoms with van der Waals surface area (Å²) in [5.41, 5.74) is 0.456. The van der Waals surface area contributed by atoms with Crippen LogP contribution >= 0.6 is 27.5 Å². The molecule has 1 aliphatic rings. The molecule has 0 aliphatic heterocycles. The fourth-order valence-electron chi connectivity index (χ4n) is 2.33. The summed E-state index contributed by atoms with van der Waals surface area (Å²) in [5.74, 6) is 0.892. The van der Waals surface area contributed by atoms with E-state index in [2.05, 4.69) is 26.2 Å². The molecule has 0 bridgehead atoms. The number of nitrogens with one attached hydrogen (secondary N) is 1. The van der Waals surface area contributed by atoms with Crippen molar-refractivity contribution >= 4 is 33.4 Å². The smallest absolute Gasteiger partial charge is 0.270 e. The molecule has 1 amide bonds. The number of halogens is 2. The van der Waals surface area contributed by atoms with Gasteiger partial charge < -0.3 is 5.32 Å². The van der Waals surface area contributed by atoms with Crippen LogP contribution in [-0.2, 0) is 0 Å². The number of carbonyl (C=O) groups is 1. The van der Waals surface area contributed by atoms with E-state index in [1.807, 2.05) is 6.07 Å². The molecule has 2 rings (SSSR count). The van der Waals surface area contributed by atoms with E-state index in [9.17, 15) is 4.79 Å². The third-order valence-corrected chi connectivity index (χ3v) is 4.25. The Morgan fingerprint density at radius 2 is 2.22 bits per heavy atom. The first-order chi connectivity index (χ1) is 8.70. The lowest BCUT2D eigenvalue weighted by Crippen LogP contribution is -2.43. The number of rotatable bonds is 3. The highest BCUT2D eigenvalue weighted by Gasteiger charge is 2.26. The first-order valence-electron chi connectivity index (χ1n) is 6.19. The second-order valence-electron chi connectivity index (χ2n) is 4.64. The number of amides is 1. The van der Waals surface area contributed by atoms with Crippen molar-refractivity contribution < 1.29 is 4.79 Å². The zero-order chi connectivity index (χ0) is 13.0. The number of nitrogens with zero attached hydrogens (tertiary/aromatic N) is 1. The maximum absolute atomic E-state index is 12.1. The van der Waals surface area contributed by atoms with Crippen molar-refractivity contribution in [2.45, 2.75) is 31.7 Å². The van der Waals surface area contributed by atoms with Gasteiger partial charge in [-0.1, -0.05) is 12.8 Å². The van der Waals surface area contributed by atoms with Crippen LogP contribution in [0, 0.1) is 5.92 Å². The Labute approximate surface area is 120 Å². The number of hydrogen-bond acceptors (Lipinski definition) is 2. The minimum atomic E-state index is -0.107. The average Bonchev–Trinajstić information content (AvgIpc) is 2.40. The van der Waals surface area contributed by atoms with E-state index in [0.717, 1.165) is 23.7 Å². The lowest BCUT2D eigenvalue weighted by molar-refractivity contribution is 0.0906. The van der Waals surface area contributed by atoms with Crippen molar-refractivity contribution in [3.8, 4) is 0 Å². The molecule has 1 aromatic heterocycles. The Hall–Kier alpha value is -0.610. The molecule has 1 aliphatic carbocycles. The second-order valence-corrected chi connectivity index (χ2v) is 5.86. The van der Waals surface area contributed by atoms with E-state index < -0.39 is 0 Å². The van der Waals surface area contributed by atoms with Crippen molar-refractivity contribution in [1.29, 1.82) is 0 Å². The molecule has 1 aromatic rings. The van der Waals surface area contributed by atoms with Gasteiger partial charge in [-0.25, -0.2) is 4.98 Å². The highest BCUT2D eigenvalue weighted by atomic mass is 79.9. The molecule has 1 N–H and O–H groups in total. The van der Waals surface area contributed by atoms with Crippen molar-refractivity contribution in [2.75, 3.05) is 5.88 Å². The molecule has 5 heteroatoms. The van der Waals surface area contributed by atoms with Crippen LogP contribution in [-0.4, -0.2) is 22.8 Å². The number of aromatic nitrogens is 1. The topological polar surface area (TPSA) is 42.0 Å². The Balaban J connectivity index is 1.99. The van der Waals surface area contributed by atoms with Crippen molar-refractivity contribution in [3.63, 3.8) is 0 Å². The summed E-state index contributed by atoms with van der Waals surface area (Å²) in [5, 5.41) is 3.05. The number of pyridine rings is 1. The molecule has 1 heterocycles. The standard InChI is InChI=1S/C13H16BrClN2O/c14-10-5-6-12(16-8-10)13(18)17-11-4-2-1-3-9(11)7-15/h5-6,8-9,11H,1-4,7H2,(H,17,18). The zero-order valence-corrected chi connectivity index (χ0v) is 12.4. The Morgan fingerprint density at radius 1 is 1.44 bits per heavy atom. The molecule has 3 nitrogen and oxygen atoms in total. The van der Waals surface area contributed by atoms with Crippen LogP contribution in [0.15, 0.2) is 22.8 Å².